The summed E-state index contributed by atoms with van der Waals surface area (Å²) in [5, 5.41) is 13.2. The summed E-state index contributed by atoms with van der Waals surface area (Å²) in [7, 11) is 1.78. The predicted molar refractivity (Wildman–Crippen MR) is 113 cm³/mol. The fourth-order valence-corrected chi connectivity index (χ4v) is 5.11. The van der Waals surface area contributed by atoms with Crippen LogP contribution in [0.3, 0.4) is 0 Å². The molecule has 0 saturated carbocycles. The lowest BCUT2D eigenvalue weighted by Gasteiger charge is -2.47. The van der Waals surface area contributed by atoms with E-state index < -0.39 is 11.6 Å². The number of nitrogens with zero attached hydrogens (tertiary/aromatic N) is 2. The van der Waals surface area contributed by atoms with E-state index in [-0.39, 0.29) is 11.5 Å². The van der Waals surface area contributed by atoms with E-state index in [4.69, 9.17) is 10.7 Å². The van der Waals surface area contributed by atoms with E-state index in [0.29, 0.717) is 5.96 Å². The Labute approximate surface area is 167 Å². The SMILES string of the molecule is CN1C(N)=N[C@H](c2cc(Br)cs2)[C@](C)(c2ccc(C(C)(C)C)cc2)C1O. The van der Waals surface area contributed by atoms with Gasteiger partial charge >= 0.3 is 0 Å². The molecule has 1 aliphatic heterocycles. The summed E-state index contributed by atoms with van der Waals surface area (Å²) >= 11 is 5.15. The zero-order valence-corrected chi connectivity index (χ0v) is 18.2. The Morgan fingerprint density at radius 3 is 2.38 bits per heavy atom. The second-order valence-corrected chi connectivity index (χ2v) is 10.0. The lowest BCUT2D eigenvalue weighted by Crippen LogP contribution is -2.58. The standard InChI is InChI=1S/C20H26BrN3OS/c1-19(2,3)12-6-8-13(9-7-12)20(4)16(15-10-14(21)11-26-15)23-18(22)24(5)17(20)25/h6-11,16-17,25H,1-5H3,(H2,22,23)/t16-,17?,20+/m1/s1. The van der Waals surface area contributed by atoms with E-state index >= 15 is 0 Å². The minimum absolute atomic E-state index is 0.0853. The van der Waals surface area contributed by atoms with Crippen molar-refractivity contribution in [3.05, 3.63) is 56.2 Å². The molecule has 0 amide bonds. The van der Waals surface area contributed by atoms with E-state index in [0.717, 1.165) is 14.9 Å². The van der Waals surface area contributed by atoms with Crippen molar-refractivity contribution < 1.29 is 5.11 Å². The van der Waals surface area contributed by atoms with Gasteiger partial charge in [-0.15, -0.1) is 11.3 Å². The molecule has 1 aromatic heterocycles. The summed E-state index contributed by atoms with van der Waals surface area (Å²) in [5.74, 6) is 0.357. The number of hydrogen-bond donors (Lipinski definition) is 2. The van der Waals surface area contributed by atoms with E-state index in [1.165, 1.54) is 5.56 Å². The highest BCUT2D eigenvalue weighted by atomic mass is 79.9. The number of nitrogens with two attached hydrogens (primary N) is 1. The molecule has 1 unspecified atom stereocenters. The van der Waals surface area contributed by atoms with Crippen LogP contribution in [0.1, 0.15) is 49.7 Å². The predicted octanol–water partition coefficient (Wildman–Crippen LogP) is 4.39. The van der Waals surface area contributed by atoms with Crippen LogP contribution in [0.4, 0.5) is 0 Å². The Kier molecular flexibility index (Phi) is 4.97. The highest BCUT2D eigenvalue weighted by Crippen LogP contribution is 2.48. The van der Waals surface area contributed by atoms with Gasteiger partial charge in [0, 0.05) is 21.8 Å². The first-order valence-electron chi connectivity index (χ1n) is 8.64. The molecule has 1 aliphatic rings. The normalized spacial score (nSPS) is 26.7. The number of guanidine groups is 1. The second-order valence-electron chi connectivity index (χ2n) is 8.15. The lowest BCUT2D eigenvalue weighted by molar-refractivity contribution is -0.0215. The molecule has 0 spiro atoms. The number of likely N-dealkylation sites (N-methyl/N-ethyl adjacent to an activating group) is 1. The van der Waals surface area contributed by atoms with Crippen LogP contribution in [0.5, 0.6) is 0 Å². The van der Waals surface area contributed by atoms with Crippen molar-refractivity contribution in [3.8, 4) is 0 Å². The first kappa shape index (κ1) is 19.4. The molecule has 0 radical (unpaired) electrons. The van der Waals surface area contributed by atoms with Crippen molar-refractivity contribution in [2.45, 2.75) is 50.8 Å². The zero-order valence-electron chi connectivity index (χ0n) is 15.8. The highest BCUT2D eigenvalue weighted by molar-refractivity contribution is 9.10. The Bertz CT molecular complexity index is 824. The molecule has 1 aromatic carbocycles. The molecule has 0 bridgehead atoms. The molecule has 3 rings (SSSR count). The molecule has 2 heterocycles. The number of rotatable bonds is 2. The third-order valence-electron chi connectivity index (χ3n) is 5.32. The first-order valence-corrected chi connectivity index (χ1v) is 10.3. The van der Waals surface area contributed by atoms with Crippen LogP contribution in [0.25, 0.3) is 0 Å². The van der Waals surface area contributed by atoms with E-state index in [9.17, 15) is 5.11 Å². The third-order valence-corrected chi connectivity index (χ3v) is 7.07. The second kappa shape index (κ2) is 6.66. The quantitative estimate of drug-likeness (QED) is 0.734. The van der Waals surface area contributed by atoms with Crippen molar-refractivity contribution in [2.24, 2.45) is 10.7 Å². The molecular formula is C20H26BrN3OS. The molecule has 4 nitrogen and oxygen atoms in total. The lowest BCUT2D eigenvalue weighted by atomic mass is 9.71. The number of benzene rings is 1. The highest BCUT2D eigenvalue weighted by Gasteiger charge is 2.49. The van der Waals surface area contributed by atoms with E-state index in [1.54, 1.807) is 23.3 Å². The first-order chi connectivity index (χ1) is 12.0. The van der Waals surface area contributed by atoms with Crippen LogP contribution in [-0.4, -0.2) is 29.2 Å². The molecular weight excluding hydrogens is 410 g/mol. The van der Waals surface area contributed by atoms with Crippen LogP contribution in [-0.2, 0) is 10.8 Å². The molecule has 3 atom stereocenters. The number of aliphatic hydroxyl groups is 1. The van der Waals surface area contributed by atoms with Gasteiger partial charge in [0.2, 0.25) is 0 Å². The molecule has 6 heteroatoms. The summed E-state index contributed by atoms with van der Waals surface area (Å²) in [6.07, 6.45) is -0.772. The minimum Gasteiger partial charge on any atom is -0.372 e. The van der Waals surface area contributed by atoms with E-state index in [2.05, 4.69) is 74.0 Å². The number of hydrogen-bond acceptors (Lipinski definition) is 5. The van der Waals surface area contributed by atoms with Gasteiger partial charge in [-0.05, 0) is 45.5 Å². The van der Waals surface area contributed by atoms with Gasteiger partial charge in [-0.1, -0.05) is 45.0 Å². The van der Waals surface area contributed by atoms with Crippen LogP contribution < -0.4 is 5.73 Å². The van der Waals surface area contributed by atoms with Crippen LogP contribution in [0.15, 0.2) is 45.2 Å². The fraction of sp³-hybridized carbons (Fsp3) is 0.450. The third kappa shape index (κ3) is 3.19. The molecule has 0 saturated heterocycles. The maximum atomic E-state index is 11.1. The summed E-state index contributed by atoms with van der Waals surface area (Å²) < 4.78 is 1.02. The maximum Gasteiger partial charge on any atom is 0.193 e. The molecule has 2 aromatic rings. The van der Waals surface area contributed by atoms with Crippen LogP contribution in [0.2, 0.25) is 0 Å². The average molecular weight is 436 g/mol. The van der Waals surface area contributed by atoms with E-state index in [1.807, 2.05) is 5.38 Å². The number of aliphatic imine (C=N–C) groups is 1. The van der Waals surface area contributed by atoms with Gasteiger partial charge in [-0.25, -0.2) is 4.99 Å². The van der Waals surface area contributed by atoms with Crippen LogP contribution >= 0.6 is 27.3 Å². The van der Waals surface area contributed by atoms with Gasteiger partial charge in [0.25, 0.3) is 0 Å². The smallest absolute Gasteiger partial charge is 0.193 e. The Morgan fingerprint density at radius 2 is 1.88 bits per heavy atom. The van der Waals surface area contributed by atoms with Gasteiger partial charge in [0.15, 0.2) is 5.96 Å². The summed E-state index contributed by atoms with van der Waals surface area (Å²) in [6.45, 7) is 8.66. The van der Waals surface area contributed by atoms with Gasteiger partial charge in [0.05, 0.1) is 5.41 Å². The molecule has 26 heavy (non-hydrogen) atoms. The fourth-order valence-electron chi connectivity index (χ4n) is 3.49. The number of aliphatic hydroxyl groups excluding tert-OH is 1. The summed E-state index contributed by atoms with van der Waals surface area (Å²) in [4.78, 5) is 7.48. The maximum absolute atomic E-state index is 11.1. The minimum atomic E-state index is -0.772. The average Bonchev–Trinajstić information content (AvgIpc) is 3.01. The Balaban J connectivity index is 2.13. The van der Waals surface area contributed by atoms with Gasteiger partial charge < -0.3 is 15.7 Å². The van der Waals surface area contributed by atoms with Crippen molar-refractivity contribution in [1.29, 1.82) is 0 Å². The van der Waals surface area contributed by atoms with Crippen molar-refractivity contribution >= 4 is 33.2 Å². The Hall–Kier alpha value is -1.37. The Morgan fingerprint density at radius 1 is 1.27 bits per heavy atom. The number of thiophene rings is 1. The molecule has 0 aliphatic carbocycles. The zero-order chi connectivity index (χ0) is 19.3. The monoisotopic (exact) mass is 435 g/mol. The summed E-state index contributed by atoms with van der Waals surface area (Å²) in [5.41, 5.74) is 7.88. The number of halogens is 1. The molecule has 3 N–H and O–H groups in total. The van der Waals surface area contributed by atoms with Crippen molar-refractivity contribution in [1.82, 2.24) is 4.90 Å². The van der Waals surface area contributed by atoms with Crippen molar-refractivity contribution in [2.75, 3.05) is 7.05 Å². The molecule has 0 fully saturated rings. The summed E-state index contributed by atoms with van der Waals surface area (Å²) in [6, 6.07) is 10.3. The van der Waals surface area contributed by atoms with Gasteiger partial charge in [0.1, 0.15) is 12.3 Å². The van der Waals surface area contributed by atoms with Crippen molar-refractivity contribution in [3.63, 3.8) is 0 Å². The van der Waals surface area contributed by atoms with Crippen LogP contribution in [0, 0.1) is 0 Å². The largest absolute Gasteiger partial charge is 0.372 e. The van der Waals surface area contributed by atoms with Gasteiger partial charge in [-0.3, -0.25) is 0 Å². The molecule has 140 valence electrons. The topological polar surface area (TPSA) is 61.8 Å². The van der Waals surface area contributed by atoms with Gasteiger partial charge in [-0.2, -0.15) is 0 Å².